The summed E-state index contributed by atoms with van der Waals surface area (Å²) in [6.07, 6.45) is 0. The van der Waals surface area contributed by atoms with E-state index in [0.717, 1.165) is 5.56 Å². The van der Waals surface area contributed by atoms with Crippen molar-refractivity contribution < 1.29 is 14.4 Å². The molecule has 0 aliphatic carbocycles. The lowest BCUT2D eigenvalue weighted by Crippen LogP contribution is -2.41. The minimum Gasteiger partial charge on any atom is -0.320 e. The summed E-state index contributed by atoms with van der Waals surface area (Å²) < 4.78 is 0. The van der Waals surface area contributed by atoms with Crippen molar-refractivity contribution in [3.63, 3.8) is 0 Å². The second-order valence-corrected chi connectivity index (χ2v) is 7.92. The Labute approximate surface area is 191 Å². The van der Waals surface area contributed by atoms with Gasteiger partial charge in [-0.25, -0.2) is 0 Å². The number of halogens is 1. The summed E-state index contributed by atoms with van der Waals surface area (Å²) in [5.41, 5.74) is 6.79. The van der Waals surface area contributed by atoms with Crippen molar-refractivity contribution in [1.82, 2.24) is 21.0 Å². The molecule has 4 rings (SSSR count). The molecule has 4 aromatic rings. The van der Waals surface area contributed by atoms with E-state index in [1.54, 1.807) is 23.6 Å². The van der Waals surface area contributed by atoms with Crippen molar-refractivity contribution in [1.29, 1.82) is 0 Å². The average molecular weight is 466 g/mol. The van der Waals surface area contributed by atoms with Crippen molar-refractivity contribution in [3.8, 4) is 11.3 Å². The van der Waals surface area contributed by atoms with Gasteiger partial charge in [0.05, 0.1) is 21.3 Å². The van der Waals surface area contributed by atoms with Gasteiger partial charge >= 0.3 is 0 Å². The van der Waals surface area contributed by atoms with Crippen LogP contribution in [0.4, 0.5) is 5.69 Å². The predicted molar refractivity (Wildman–Crippen MR) is 123 cm³/mol. The van der Waals surface area contributed by atoms with Crippen molar-refractivity contribution in [2.45, 2.75) is 0 Å². The minimum atomic E-state index is -0.579. The highest BCUT2D eigenvalue weighted by Gasteiger charge is 2.15. The first kappa shape index (κ1) is 21.3. The van der Waals surface area contributed by atoms with Crippen LogP contribution >= 0.6 is 22.9 Å². The van der Waals surface area contributed by atoms with Gasteiger partial charge in [-0.15, -0.1) is 11.3 Å². The number of hydrogen-bond acceptors (Lipinski definition) is 5. The van der Waals surface area contributed by atoms with Crippen LogP contribution < -0.4 is 16.2 Å². The number of rotatable bonds is 5. The van der Waals surface area contributed by atoms with E-state index in [-0.39, 0.29) is 27.9 Å². The fraction of sp³-hybridized carbons (Fsp3) is 0. The maximum absolute atomic E-state index is 12.5. The molecule has 10 heteroatoms. The number of carbonyl (C=O) groups is 3. The Balaban J connectivity index is 1.39. The van der Waals surface area contributed by atoms with Crippen LogP contribution in [-0.4, -0.2) is 27.9 Å². The molecular formula is C22H16ClN5O3S. The van der Waals surface area contributed by atoms with Gasteiger partial charge in [0, 0.05) is 11.1 Å². The lowest BCUT2D eigenvalue weighted by molar-refractivity contribution is 0.0844. The molecule has 32 heavy (non-hydrogen) atoms. The highest BCUT2D eigenvalue weighted by molar-refractivity contribution is 7.12. The Hall–Kier alpha value is -3.95. The Kier molecular flexibility index (Phi) is 6.29. The maximum atomic E-state index is 12.5. The summed E-state index contributed by atoms with van der Waals surface area (Å²) in [5, 5.41) is 11.5. The number of hydrogen-bond donors (Lipinski definition) is 4. The third-order valence-corrected chi connectivity index (χ3v) is 5.60. The number of nitrogens with one attached hydrogen (secondary N) is 4. The third kappa shape index (κ3) is 4.85. The molecule has 0 atom stereocenters. The number of nitrogens with zero attached hydrogens (tertiary/aromatic N) is 1. The molecule has 0 bridgehead atoms. The highest BCUT2D eigenvalue weighted by Crippen LogP contribution is 2.24. The summed E-state index contributed by atoms with van der Waals surface area (Å²) in [7, 11) is 0. The molecule has 8 nitrogen and oxygen atoms in total. The third-order valence-electron chi connectivity index (χ3n) is 4.40. The van der Waals surface area contributed by atoms with Crippen molar-refractivity contribution in [2.75, 3.05) is 5.32 Å². The zero-order valence-electron chi connectivity index (χ0n) is 16.4. The Morgan fingerprint density at radius 2 is 1.66 bits per heavy atom. The molecule has 160 valence electrons. The molecule has 0 fully saturated rings. The van der Waals surface area contributed by atoms with Crippen LogP contribution in [0.2, 0.25) is 5.02 Å². The SMILES string of the molecule is O=C(NNC(=O)c1cc(-c2ccccc2)n[nH]1)c1ccc(Cl)c(NC(=O)c2cccs2)c1. The van der Waals surface area contributed by atoms with E-state index in [9.17, 15) is 14.4 Å². The highest BCUT2D eigenvalue weighted by atomic mass is 35.5. The van der Waals surface area contributed by atoms with Crippen LogP contribution in [0.5, 0.6) is 0 Å². The van der Waals surface area contributed by atoms with Crippen LogP contribution in [0.3, 0.4) is 0 Å². The molecular weight excluding hydrogens is 450 g/mol. The zero-order chi connectivity index (χ0) is 22.5. The van der Waals surface area contributed by atoms with Crippen LogP contribution in [0.25, 0.3) is 11.3 Å². The van der Waals surface area contributed by atoms with E-state index in [4.69, 9.17) is 11.6 Å². The number of carbonyl (C=O) groups excluding carboxylic acids is 3. The van der Waals surface area contributed by atoms with Gasteiger partial charge in [0.15, 0.2) is 0 Å². The number of aromatic nitrogens is 2. The van der Waals surface area contributed by atoms with Gasteiger partial charge in [0.2, 0.25) is 0 Å². The summed E-state index contributed by atoms with van der Waals surface area (Å²) in [6.45, 7) is 0. The Morgan fingerprint density at radius 3 is 2.41 bits per heavy atom. The number of benzene rings is 2. The van der Waals surface area contributed by atoms with E-state index in [1.165, 1.54) is 29.5 Å². The number of aromatic amines is 1. The van der Waals surface area contributed by atoms with E-state index in [0.29, 0.717) is 10.6 Å². The van der Waals surface area contributed by atoms with Crippen LogP contribution in [0, 0.1) is 0 Å². The van der Waals surface area contributed by atoms with Gasteiger partial charge in [0.1, 0.15) is 5.69 Å². The quantitative estimate of drug-likeness (QED) is 0.332. The Bertz CT molecular complexity index is 1270. The van der Waals surface area contributed by atoms with Crippen molar-refractivity contribution in [3.05, 3.63) is 93.3 Å². The molecule has 0 unspecified atom stereocenters. The standard InChI is InChI=1S/C22H16ClN5O3S/c23-15-9-8-14(11-17(15)24-22(31)19-7-4-10-32-19)20(29)27-28-21(30)18-12-16(25-26-18)13-5-2-1-3-6-13/h1-12H,(H,24,31)(H,25,26)(H,27,29)(H,28,30). The van der Waals surface area contributed by atoms with Crippen molar-refractivity contribution in [2.24, 2.45) is 0 Å². The van der Waals surface area contributed by atoms with Crippen LogP contribution in [-0.2, 0) is 0 Å². The fourth-order valence-electron chi connectivity index (χ4n) is 2.80. The monoisotopic (exact) mass is 465 g/mol. The first-order valence-electron chi connectivity index (χ1n) is 9.37. The van der Waals surface area contributed by atoms with Crippen molar-refractivity contribution >= 4 is 46.3 Å². The summed E-state index contributed by atoms with van der Waals surface area (Å²) in [5.74, 6) is -1.47. The number of amides is 3. The van der Waals surface area contributed by atoms with Gasteiger partial charge < -0.3 is 5.32 Å². The number of thiophene rings is 1. The molecule has 0 radical (unpaired) electrons. The molecule has 4 N–H and O–H groups in total. The fourth-order valence-corrected chi connectivity index (χ4v) is 3.59. The minimum absolute atomic E-state index is 0.184. The smallest absolute Gasteiger partial charge is 0.287 e. The van der Waals surface area contributed by atoms with E-state index >= 15 is 0 Å². The molecule has 0 aliphatic heterocycles. The first-order chi connectivity index (χ1) is 15.5. The molecule has 3 amide bonds. The molecule has 2 heterocycles. The van der Waals surface area contributed by atoms with E-state index < -0.39 is 11.8 Å². The second kappa shape index (κ2) is 9.46. The average Bonchev–Trinajstić information content (AvgIpc) is 3.52. The topological polar surface area (TPSA) is 116 Å². The largest absolute Gasteiger partial charge is 0.320 e. The summed E-state index contributed by atoms with van der Waals surface area (Å²) in [6, 6.07) is 18.8. The molecule has 2 aromatic heterocycles. The number of anilines is 1. The first-order valence-corrected chi connectivity index (χ1v) is 10.6. The van der Waals surface area contributed by atoms with Crippen LogP contribution in [0.1, 0.15) is 30.5 Å². The summed E-state index contributed by atoms with van der Waals surface area (Å²) >= 11 is 7.43. The van der Waals surface area contributed by atoms with Gasteiger partial charge in [-0.3, -0.25) is 30.3 Å². The van der Waals surface area contributed by atoms with Crippen LogP contribution in [0.15, 0.2) is 72.1 Å². The summed E-state index contributed by atoms with van der Waals surface area (Å²) in [4.78, 5) is 37.6. The molecule has 0 aliphatic rings. The molecule has 0 saturated heterocycles. The van der Waals surface area contributed by atoms with E-state index in [1.807, 2.05) is 30.3 Å². The Morgan fingerprint density at radius 1 is 0.875 bits per heavy atom. The lowest BCUT2D eigenvalue weighted by Gasteiger charge is -2.10. The lowest BCUT2D eigenvalue weighted by atomic mass is 10.1. The predicted octanol–water partition coefficient (Wildman–Crippen LogP) is 4.12. The molecule has 0 spiro atoms. The second-order valence-electron chi connectivity index (χ2n) is 6.57. The van der Waals surface area contributed by atoms with E-state index in [2.05, 4.69) is 26.4 Å². The van der Waals surface area contributed by atoms with Gasteiger partial charge in [-0.2, -0.15) is 5.10 Å². The molecule has 2 aromatic carbocycles. The molecule has 0 saturated carbocycles. The van der Waals surface area contributed by atoms with Gasteiger partial charge in [0.25, 0.3) is 17.7 Å². The maximum Gasteiger partial charge on any atom is 0.287 e. The van der Waals surface area contributed by atoms with Gasteiger partial charge in [-0.1, -0.05) is 48.0 Å². The zero-order valence-corrected chi connectivity index (χ0v) is 18.0. The van der Waals surface area contributed by atoms with Gasteiger partial charge in [-0.05, 0) is 35.7 Å². The normalized spacial score (nSPS) is 10.4. The number of H-pyrrole nitrogens is 1. The number of hydrazine groups is 1.